The zero-order valence-electron chi connectivity index (χ0n) is 15.2. The highest BCUT2D eigenvalue weighted by Crippen LogP contribution is 2.24. The summed E-state index contributed by atoms with van der Waals surface area (Å²) in [5, 5.41) is 12.0. The molecule has 1 aromatic carbocycles. The third kappa shape index (κ3) is 5.38. The smallest absolute Gasteiger partial charge is 0.322 e. The summed E-state index contributed by atoms with van der Waals surface area (Å²) in [4.78, 5) is 21.9. The molecule has 0 atom stereocenters. The Labute approximate surface area is 164 Å². The Bertz CT molecular complexity index is 1040. The molecule has 3 aromatic rings. The number of hydrogen-bond donors (Lipinski definition) is 4. The van der Waals surface area contributed by atoms with Crippen molar-refractivity contribution < 1.29 is 4.99 Å². The summed E-state index contributed by atoms with van der Waals surface area (Å²) in [6, 6.07) is 7.46. The van der Waals surface area contributed by atoms with Crippen LogP contribution in [0.1, 0.15) is 21.8 Å². The maximum atomic E-state index is 11.9. The number of nitrogens with one attached hydrogen (secondary N) is 3. The van der Waals surface area contributed by atoms with Gasteiger partial charge in [0.1, 0.15) is 10.7 Å². The highest BCUT2D eigenvalue weighted by Gasteiger charge is 2.10. The Hall–Kier alpha value is -2.72. The van der Waals surface area contributed by atoms with Gasteiger partial charge in [0.25, 0.3) is 11.5 Å². The lowest BCUT2D eigenvalue weighted by atomic mass is 10.1. The normalized spacial score (nSPS) is 11.6. The average molecular weight is 403 g/mol. The summed E-state index contributed by atoms with van der Waals surface area (Å²) in [5.41, 5.74) is 9.51. The number of aromatic nitrogens is 4. The van der Waals surface area contributed by atoms with Crippen LogP contribution in [0.4, 0.5) is 11.6 Å². The van der Waals surface area contributed by atoms with Gasteiger partial charge in [-0.05, 0) is 32.4 Å². The third-order valence-corrected chi connectivity index (χ3v) is 5.56. The zero-order valence-corrected chi connectivity index (χ0v) is 16.8. The summed E-state index contributed by atoms with van der Waals surface area (Å²) >= 11 is 2.99. The van der Waals surface area contributed by atoms with Crippen molar-refractivity contribution in [3.8, 4) is 0 Å². The fourth-order valence-corrected chi connectivity index (χ4v) is 4.08. The van der Waals surface area contributed by atoms with Gasteiger partial charge in [0, 0.05) is 6.07 Å². The van der Waals surface area contributed by atoms with Crippen LogP contribution in [-0.2, 0) is 5.75 Å². The molecule has 0 aliphatic rings. The number of hydrogen-bond acceptors (Lipinski definition) is 6. The topological polar surface area (TPSA) is 124 Å². The number of nitrogens with zero attached hydrogens (tertiary/aromatic N) is 3. The minimum atomic E-state index is -0.254. The highest BCUT2D eigenvalue weighted by molar-refractivity contribution is 8.00. The predicted octanol–water partition coefficient (Wildman–Crippen LogP) is 0.978. The summed E-state index contributed by atoms with van der Waals surface area (Å²) in [7, 11) is 0. The SMILES string of the molecule is Cc1ccc(NC(N)=[NH+]c2nc(CSc3nnc(C)s3)cc(=O)[nH]2)c(C)c1. The molecule has 140 valence electrons. The van der Waals surface area contributed by atoms with Crippen molar-refractivity contribution in [2.24, 2.45) is 5.73 Å². The molecule has 0 aliphatic heterocycles. The Morgan fingerprint density at radius 3 is 2.81 bits per heavy atom. The second kappa shape index (κ2) is 8.31. The van der Waals surface area contributed by atoms with Crippen LogP contribution < -0.4 is 21.6 Å². The van der Waals surface area contributed by atoms with Gasteiger partial charge in [0.15, 0.2) is 4.34 Å². The van der Waals surface area contributed by atoms with E-state index < -0.39 is 0 Å². The number of benzene rings is 1. The second-order valence-electron chi connectivity index (χ2n) is 5.94. The predicted molar refractivity (Wildman–Crippen MR) is 108 cm³/mol. The minimum absolute atomic E-state index is 0.254. The molecule has 0 radical (unpaired) electrons. The molecule has 0 saturated carbocycles. The van der Waals surface area contributed by atoms with E-state index in [2.05, 4.69) is 36.5 Å². The molecule has 0 fully saturated rings. The van der Waals surface area contributed by atoms with Crippen molar-refractivity contribution in [1.82, 2.24) is 20.2 Å². The van der Waals surface area contributed by atoms with Crippen LogP contribution in [0.15, 0.2) is 33.4 Å². The molecule has 5 N–H and O–H groups in total. The van der Waals surface area contributed by atoms with Crippen LogP contribution in [-0.4, -0.2) is 26.1 Å². The number of aryl methyl sites for hydroxylation is 3. The van der Waals surface area contributed by atoms with E-state index in [4.69, 9.17) is 5.73 Å². The molecule has 2 heterocycles. The van der Waals surface area contributed by atoms with Crippen molar-refractivity contribution in [2.75, 3.05) is 5.32 Å². The number of rotatable bonds is 5. The molecule has 0 spiro atoms. The van der Waals surface area contributed by atoms with Crippen LogP contribution in [0.2, 0.25) is 0 Å². The summed E-state index contributed by atoms with van der Waals surface area (Å²) in [5.74, 6) is 1.06. The molecule has 0 bridgehead atoms. The molecule has 27 heavy (non-hydrogen) atoms. The van der Waals surface area contributed by atoms with Gasteiger partial charge in [-0.3, -0.25) is 10.1 Å². The fourth-order valence-electron chi connectivity index (χ4n) is 2.37. The Morgan fingerprint density at radius 1 is 1.30 bits per heavy atom. The van der Waals surface area contributed by atoms with Gasteiger partial charge in [-0.2, -0.15) is 0 Å². The molecule has 0 aliphatic carbocycles. The number of H-pyrrole nitrogens is 1. The molecule has 0 amide bonds. The minimum Gasteiger partial charge on any atom is -0.322 e. The number of guanidine groups is 1. The van der Waals surface area contributed by atoms with Crippen LogP contribution in [0.3, 0.4) is 0 Å². The van der Waals surface area contributed by atoms with Gasteiger partial charge in [-0.15, -0.1) is 15.2 Å². The number of aromatic amines is 1. The molecule has 8 nitrogen and oxygen atoms in total. The highest BCUT2D eigenvalue weighted by atomic mass is 32.2. The van der Waals surface area contributed by atoms with Gasteiger partial charge >= 0.3 is 5.95 Å². The molecule has 2 aromatic heterocycles. The summed E-state index contributed by atoms with van der Waals surface area (Å²) in [6.07, 6.45) is 0. The lowest BCUT2D eigenvalue weighted by molar-refractivity contribution is -0.365. The Kier molecular flexibility index (Phi) is 5.87. The van der Waals surface area contributed by atoms with Crippen molar-refractivity contribution in [3.63, 3.8) is 0 Å². The van der Waals surface area contributed by atoms with E-state index in [1.54, 1.807) is 0 Å². The second-order valence-corrected chi connectivity index (χ2v) is 8.35. The van der Waals surface area contributed by atoms with E-state index in [0.29, 0.717) is 11.4 Å². The largest absolute Gasteiger partial charge is 0.325 e. The first kappa shape index (κ1) is 19.1. The molecule has 3 rings (SSSR count). The monoisotopic (exact) mass is 402 g/mol. The van der Waals surface area contributed by atoms with E-state index in [0.717, 1.165) is 20.6 Å². The van der Waals surface area contributed by atoms with E-state index >= 15 is 0 Å². The number of anilines is 1. The molecule has 0 saturated heterocycles. The van der Waals surface area contributed by atoms with Gasteiger partial charge < -0.3 is 5.73 Å². The van der Waals surface area contributed by atoms with Gasteiger partial charge in [0.2, 0.25) is 0 Å². The zero-order chi connectivity index (χ0) is 19.4. The van der Waals surface area contributed by atoms with Crippen molar-refractivity contribution in [2.45, 2.75) is 30.9 Å². The Balaban J connectivity index is 1.74. The van der Waals surface area contributed by atoms with Crippen molar-refractivity contribution >= 4 is 40.7 Å². The molecular weight excluding hydrogens is 382 g/mol. The maximum Gasteiger partial charge on any atom is 0.325 e. The summed E-state index contributed by atoms with van der Waals surface area (Å²) in [6.45, 7) is 5.93. The standard InChI is InChI=1S/C17H19N7OS2/c1-9-4-5-13(10(2)6-9)20-15(18)22-16-19-12(7-14(25)21-16)8-26-17-24-23-11(3)27-17/h4-7H,8H2,1-3H3,(H4,18,19,20,21,22,25)/p+1. The Morgan fingerprint density at radius 2 is 2.11 bits per heavy atom. The van der Waals surface area contributed by atoms with Crippen molar-refractivity contribution in [3.05, 3.63) is 56.4 Å². The van der Waals surface area contributed by atoms with Gasteiger partial charge in [-0.25, -0.2) is 9.98 Å². The maximum absolute atomic E-state index is 11.9. The lowest BCUT2D eigenvalue weighted by Gasteiger charge is -2.06. The lowest BCUT2D eigenvalue weighted by Crippen LogP contribution is -2.73. The third-order valence-electron chi connectivity index (χ3n) is 3.55. The van der Waals surface area contributed by atoms with Gasteiger partial charge in [0.05, 0.1) is 11.4 Å². The summed E-state index contributed by atoms with van der Waals surface area (Å²) < 4.78 is 0.840. The van der Waals surface area contributed by atoms with Crippen LogP contribution in [0, 0.1) is 20.8 Å². The van der Waals surface area contributed by atoms with Crippen LogP contribution >= 0.6 is 23.1 Å². The van der Waals surface area contributed by atoms with E-state index in [-0.39, 0.29) is 17.5 Å². The molecular formula is C17H20N7OS2+. The van der Waals surface area contributed by atoms with E-state index in [1.165, 1.54) is 34.7 Å². The number of thioether (sulfide) groups is 1. The molecule has 10 heteroatoms. The first-order valence-corrected chi connectivity index (χ1v) is 9.96. The van der Waals surface area contributed by atoms with Crippen LogP contribution in [0.5, 0.6) is 0 Å². The van der Waals surface area contributed by atoms with E-state index in [9.17, 15) is 4.79 Å². The van der Waals surface area contributed by atoms with E-state index in [1.807, 2.05) is 32.9 Å². The fraction of sp³-hybridized carbons (Fsp3) is 0.235. The first-order chi connectivity index (χ1) is 12.9. The number of nitrogens with two attached hydrogens (primary N) is 1. The van der Waals surface area contributed by atoms with Gasteiger partial charge in [-0.1, -0.05) is 40.8 Å². The van der Waals surface area contributed by atoms with Crippen LogP contribution in [0.25, 0.3) is 0 Å². The quantitative estimate of drug-likeness (QED) is 0.285. The average Bonchev–Trinajstić information content (AvgIpc) is 3.00. The van der Waals surface area contributed by atoms with Crippen molar-refractivity contribution in [1.29, 1.82) is 0 Å². The molecule has 0 unspecified atom stereocenters. The first-order valence-electron chi connectivity index (χ1n) is 8.16.